The Bertz CT molecular complexity index is 736. The van der Waals surface area contributed by atoms with Crippen molar-refractivity contribution in [2.45, 2.75) is 58.0 Å². The largest absolute Gasteiger partial charge is 0.347 e. The van der Waals surface area contributed by atoms with Gasteiger partial charge in [-0.3, -0.25) is 4.79 Å². The molecular formula is C18H22N4O. The zero-order valence-electron chi connectivity index (χ0n) is 13.5. The van der Waals surface area contributed by atoms with Crippen LogP contribution >= 0.6 is 0 Å². The van der Waals surface area contributed by atoms with Gasteiger partial charge < -0.3 is 9.88 Å². The van der Waals surface area contributed by atoms with Crippen molar-refractivity contribution in [3.05, 3.63) is 46.5 Å². The summed E-state index contributed by atoms with van der Waals surface area (Å²) in [5.74, 6) is 2.10. The van der Waals surface area contributed by atoms with Gasteiger partial charge in [0.1, 0.15) is 11.6 Å². The highest BCUT2D eigenvalue weighted by Crippen LogP contribution is 2.23. The van der Waals surface area contributed by atoms with Gasteiger partial charge in [0.15, 0.2) is 0 Å². The van der Waals surface area contributed by atoms with E-state index in [0.29, 0.717) is 0 Å². The third kappa shape index (κ3) is 2.64. The predicted molar refractivity (Wildman–Crippen MR) is 87.4 cm³/mol. The number of amides is 1. The summed E-state index contributed by atoms with van der Waals surface area (Å²) in [5, 5.41) is 11.7. The molecule has 1 aromatic carbocycles. The van der Waals surface area contributed by atoms with Gasteiger partial charge in [-0.1, -0.05) is 13.0 Å². The quantitative estimate of drug-likeness (QED) is 0.944. The van der Waals surface area contributed by atoms with Crippen LogP contribution in [0.5, 0.6) is 0 Å². The van der Waals surface area contributed by atoms with Gasteiger partial charge >= 0.3 is 0 Å². The van der Waals surface area contributed by atoms with Gasteiger partial charge in [0.05, 0.1) is 0 Å². The number of aryl methyl sites for hydroxylation is 4. The zero-order valence-corrected chi connectivity index (χ0v) is 13.5. The third-order valence-electron chi connectivity index (χ3n) is 5.04. The van der Waals surface area contributed by atoms with Crippen molar-refractivity contribution >= 4 is 5.91 Å². The average molecular weight is 310 g/mol. The van der Waals surface area contributed by atoms with E-state index >= 15 is 0 Å². The highest BCUT2D eigenvalue weighted by molar-refractivity contribution is 5.94. The van der Waals surface area contributed by atoms with Gasteiger partial charge in [0.25, 0.3) is 5.91 Å². The predicted octanol–water partition coefficient (Wildman–Crippen LogP) is 2.07. The number of nitrogens with zero attached hydrogens (tertiary/aromatic N) is 3. The second-order valence-corrected chi connectivity index (χ2v) is 6.54. The van der Waals surface area contributed by atoms with Crippen LogP contribution in [-0.2, 0) is 32.2 Å². The van der Waals surface area contributed by atoms with Gasteiger partial charge in [-0.05, 0) is 48.9 Å². The number of nitrogens with one attached hydrogen (secondary N) is 1. The van der Waals surface area contributed by atoms with E-state index in [0.717, 1.165) is 55.9 Å². The monoisotopic (exact) mass is 310 g/mol. The van der Waals surface area contributed by atoms with E-state index in [-0.39, 0.29) is 11.9 Å². The number of carbonyl (C=O) groups is 1. The molecule has 0 fully saturated rings. The minimum atomic E-state index is 0.0410. The van der Waals surface area contributed by atoms with Crippen LogP contribution in [0.15, 0.2) is 18.2 Å². The van der Waals surface area contributed by atoms with Crippen molar-refractivity contribution in [1.29, 1.82) is 0 Å². The molecule has 5 heteroatoms. The summed E-state index contributed by atoms with van der Waals surface area (Å²) in [6, 6.07) is 6.31. The van der Waals surface area contributed by atoms with Crippen LogP contribution in [0.4, 0.5) is 0 Å². The summed E-state index contributed by atoms with van der Waals surface area (Å²) in [6.45, 7) is 2.87. The summed E-state index contributed by atoms with van der Waals surface area (Å²) in [7, 11) is 0. The Balaban J connectivity index is 1.47. The third-order valence-corrected chi connectivity index (χ3v) is 5.04. The van der Waals surface area contributed by atoms with E-state index in [1.807, 2.05) is 6.07 Å². The van der Waals surface area contributed by atoms with E-state index in [1.165, 1.54) is 17.5 Å². The standard InChI is InChI=1S/C18H22N4O/c1-2-16-20-21-17-9-8-15(11-22(16)17)19-18(23)14-7-6-12-4-3-5-13(12)10-14/h6-7,10,15H,2-5,8-9,11H2,1H3,(H,19,23). The Hall–Kier alpha value is -2.17. The average Bonchev–Trinajstić information content (AvgIpc) is 3.20. The van der Waals surface area contributed by atoms with Crippen LogP contribution in [-0.4, -0.2) is 26.7 Å². The number of fused-ring (bicyclic) bond motifs is 2. The number of hydrogen-bond donors (Lipinski definition) is 1. The molecule has 2 aliphatic rings. The molecule has 120 valence electrons. The van der Waals surface area contributed by atoms with Crippen molar-refractivity contribution in [1.82, 2.24) is 20.1 Å². The summed E-state index contributed by atoms with van der Waals surface area (Å²) >= 11 is 0. The molecule has 1 aliphatic heterocycles. The lowest BCUT2D eigenvalue weighted by Crippen LogP contribution is -2.41. The van der Waals surface area contributed by atoms with Crippen molar-refractivity contribution in [2.75, 3.05) is 0 Å². The van der Waals surface area contributed by atoms with E-state index in [1.54, 1.807) is 0 Å². The lowest BCUT2D eigenvalue weighted by Gasteiger charge is -2.25. The van der Waals surface area contributed by atoms with Gasteiger partial charge in [-0.2, -0.15) is 0 Å². The maximum absolute atomic E-state index is 12.6. The van der Waals surface area contributed by atoms with Crippen molar-refractivity contribution in [3.63, 3.8) is 0 Å². The molecule has 1 aliphatic carbocycles. The molecule has 1 unspecified atom stereocenters. The molecular weight excluding hydrogens is 288 g/mol. The highest BCUT2D eigenvalue weighted by atomic mass is 16.1. The molecule has 1 amide bonds. The lowest BCUT2D eigenvalue weighted by atomic mass is 10.0. The maximum atomic E-state index is 12.6. The molecule has 0 radical (unpaired) electrons. The zero-order chi connectivity index (χ0) is 15.8. The lowest BCUT2D eigenvalue weighted by molar-refractivity contribution is 0.0927. The fraction of sp³-hybridized carbons (Fsp3) is 0.500. The molecule has 1 aromatic heterocycles. The smallest absolute Gasteiger partial charge is 0.251 e. The summed E-state index contributed by atoms with van der Waals surface area (Å²) in [4.78, 5) is 12.6. The number of hydrogen-bond acceptors (Lipinski definition) is 3. The molecule has 1 N–H and O–H groups in total. The molecule has 2 heterocycles. The van der Waals surface area contributed by atoms with E-state index in [2.05, 4.69) is 39.1 Å². The number of benzene rings is 1. The molecule has 0 spiro atoms. The van der Waals surface area contributed by atoms with E-state index < -0.39 is 0 Å². The Morgan fingerprint density at radius 2 is 2.13 bits per heavy atom. The van der Waals surface area contributed by atoms with Crippen molar-refractivity contribution < 1.29 is 4.79 Å². The molecule has 4 rings (SSSR count). The SMILES string of the molecule is CCc1nnc2n1CC(NC(=O)c1ccc3c(c1)CCC3)CC2. The van der Waals surface area contributed by atoms with Crippen LogP contribution in [0.1, 0.15) is 52.9 Å². The van der Waals surface area contributed by atoms with Crippen LogP contribution in [0.3, 0.4) is 0 Å². The first-order valence-corrected chi connectivity index (χ1v) is 8.58. The molecule has 1 atom stereocenters. The van der Waals surface area contributed by atoms with E-state index in [4.69, 9.17) is 0 Å². The minimum absolute atomic E-state index is 0.0410. The van der Waals surface area contributed by atoms with Gasteiger partial charge in [-0.15, -0.1) is 10.2 Å². The fourth-order valence-corrected chi connectivity index (χ4v) is 3.74. The number of carbonyl (C=O) groups excluding carboxylic acids is 1. The molecule has 0 saturated carbocycles. The molecule has 23 heavy (non-hydrogen) atoms. The molecule has 0 saturated heterocycles. The van der Waals surface area contributed by atoms with Crippen LogP contribution in [0.25, 0.3) is 0 Å². The molecule has 2 aromatic rings. The second-order valence-electron chi connectivity index (χ2n) is 6.54. The van der Waals surface area contributed by atoms with Gasteiger partial charge in [0, 0.05) is 31.0 Å². The van der Waals surface area contributed by atoms with Crippen LogP contribution < -0.4 is 5.32 Å². The Kier molecular flexibility index (Phi) is 3.63. The Morgan fingerprint density at radius 3 is 3.00 bits per heavy atom. The number of aromatic nitrogens is 3. The normalized spacial score (nSPS) is 19.3. The first-order valence-electron chi connectivity index (χ1n) is 8.58. The van der Waals surface area contributed by atoms with Crippen molar-refractivity contribution in [3.8, 4) is 0 Å². The van der Waals surface area contributed by atoms with E-state index in [9.17, 15) is 4.79 Å². The highest BCUT2D eigenvalue weighted by Gasteiger charge is 2.24. The first-order chi connectivity index (χ1) is 11.2. The van der Waals surface area contributed by atoms with Crippen molar-refractivity contribution in [2.24, 2.45) is 0 Å². The number of rotatable bonds is 3. The first kappa shape index (κ1) is 14.4. The minimum Gasteiger partial charge on any atom is -0.347 e. The summed E-state index contributed by atoms with van der Waals surface area (Å²) < 4.78 is 2.16. The Labute approximate surface area is 136 Å². The van der Waals surface area contributed by atoms with Gasteiger partial charge in [-0.25, -0.2) is 0 Å². The molecule has 5 nitrogen and oxygen atoms in total. The van der Waals surface area contributed by atoms with Crippen LogP contribution in [0, 0.1) is 0 Å². The molecule has 0 bridgehead atoms. The maximum Gasteiger partial charge on any atom is 0.251 e. The fourth-order valence-electron chi connectivity index (χ4n) is 3.74. The van der Waals surface area contributed by atoms with Crippen LogP contribution in [0.2, 0.25) is 0 Å². The van der Waals surface area contributed by atoms with Gasteiger partial charge in [0.2, 0.25) is 0 Å². The summed E-state index contributed by atoms with van der Waals surface area (Å²) in [5.41, 5.74) is 3.53. The second kappa shape index (κ2) is 5.80. The summed E-state index contributed by atoms with van der Waals surface area (Å²) in [6.07, 6.45) is 6.14. The Morgan fingerprint density at radius 1 is 1.26 bits per heavy atom. The topological polar surface area (TPSA) is 59.8 Å².